The standard InChI is InChI=1S/C47H93NO5/c1-4-7-10-13-16-19-21-23-25-28-31-34-37-40-47(52)53-43(38-35-32-29-27-24-22-20-17-14-11-8-5-2)41-46(51)48-44(42-49)45(50)39-36-33-30-26-18-15-12-9-6-3/h43-45,49-50H,4-42H2,1-3H3,(H,48,51). The second-order valence-corrected chi connectivity index (χ2v) is 16.5. The van der Waals surface area contributed by atoms with Crippen LogP contribution in [-0.4, -0.2) is 46.9 Å². The summed E-state index contributed by atoms with van der Waals surface area (Å²) < 4.78 is 5.91. The Balaban J connectivity index is 4.53. The molecule has 0 saturated heterocycles. The maximum Gasteiger partial charge on any atom is 0.306 e. The number of nitrogens with one attached hydrogen (secondary N) is 1. The van der Waals surface area contributed by atoms with Crippen molar-refractivity contribution >= 4 is 11.9 Å². The first-order valence-corrected chi connectivity index (χ1v) is 23.8. The van der Waals surface area contributed by atoms with Crippen LogP contribution in [-0.2, 0) is 14.3 Å². The van der Waals surface area contributed by atoms with Crippen LogP contribution in [0.5, 0.6) is 0 Å². The smallest absolute Gasteiger partial charge is 0.306 e. The fraction of sp³-hybridized carbons (Fsp3) is 0.957. The highest BCUT2D eigenvalue weighted by Gasteiger charge is 2.24. The topological polar surface area (TPSA) is 95.9 Å². The second-order valence-electron chi connectivity index (χ2n) is 16.5. The number of aliphatic hydroxyl groups is 2. The van der Waals surface area contributed by atoms with Gasteiger partial charge in [0.15, 0.2) is 0 Å². The van der Waals surface area contributed by atoms with Crippen LogP contribution in [0.1, 0.15) is 265 Å². The molecule has 0 rings (SSSR count). The number of carbonyl (C=O) groups is 2. The molecule has 6 nitrogen and oxygen atoms in total. The minimum absolute atomic E-state index is 0.0869. The van der Waals surface area contributed by atoms with Crippen molar-refractivity contribution in [2.45, 2.75) is 283 Å². The van der Waals surface area contributed by atoms with Crippen LogP contribution in [0.3, 0.4) is 0 Å². The molecule has 0 radical (unpaired) electrons. The molecule has 3 unspecified atom stereocenters. The summed E-state index contributed by atoms with van der Waals surface area (Å²) in [6, 6.07) is -0.690. The molecule has 3 N–H and O–H groups in total. The lowest BCUT2D eigenvalue weighted by molar-refractivity contribution is -0.151. The summed E-state index contributed by atoms with van der Waals surface area (Å²) in [6.45, 7) is 6.47. The highest BCUT2D eigenvalue weighted by Crippen LogP contribution is 2.18. The summed E-state index contributed by atoms with van der Waals surface area (Å²) in [7, 11) is 0. The number of hydrogen-bond acceptors (Lipinski definition) is 5. The summed E-state index contributed by atoms with van der Waals surface area (Å²) >= 11 is 0. The molecule has 0 aromatic heterocycles. The van der Waals surface area contributed by atoms with E-state index in [2.05, 4.69) is 26.1 Å². The lowest BCUT2D eigenvalue weighted by Crippen LogP contribution is -2.46. The van der Waals surface area contributed by atoms with Gasteiger partial charge in [0, 0.05) is 6.42 Å². The predicted molar refractivity (Wildman–Crippen MR) is 227 cm³/mol. The molecule has 0 aromatic rings. The normalized spacial score (nSPS) is 13.2. The Morgan fingerprint density at radius 2 is 0.792 bits per heavy atom. The Bertz CT molecular complexity index is 761. The zero-order chi connectivity index (χ0) is 38.9. The van der Waals surface area contributed by atoms with Gasteiger partial charge < -0.3 is 20.3 Å². The van der Waals surface area contributed by atoms with Crippen molar-refractivity contribution in [1.29, 1.82) is 0 Å². The third-order valence-electron chi connectivity index (χ3n) is 11.2. The molecule has 3 atom stereocenters. The van der Waals surface area contributed by atoms with Crippen LogP contribution >= 0.6 is 0 Å². The van der Waals surface area contributed by atoms with Gasteiger partial charge in [-0.3, -0.25) is 9.59 Å². The SMILES string of the molecule is CCCCCCCCCCCCCCCC(=O)OC(CCCCCCCCCCCCCC)CC(=O)NC(CO)C(O)CCCCCCCCCCC. The number of hydrogen-bond donors (Lipinski definition) is 3. The van der Waals surface area contributed by atoms with Crippen molar-refractivity contribution in [3.05, 3.63) is 0 Å². The lowest BCUT2D eigenvalue weighted by atomic mass is 10.0. The molecule has 0 spiro atoms. The van der Waals surface area contributed by atoms with E-state index in [1.807, 2.05) is 0 Å². The van der Waals surface area contributed by atoms with E-state index in [1.165, 1.54) is 180 Å². The van der Waals surface area contributed by atoms with Gasteiger partial charge in [-0.1, -0.05) is 226 Å². The van der Waals surface area contributed by atoms with E-state index < -0.39 is 18.2 Å². The Morgan fingerprint density at radius 3 is 1.15 bits per heavy atom. The zero-order valence-electron chi connectivity index (χ0n) is 35.9. The number of amides is 1. The number of esters is 1. The first kappa shape index (κ1) is 51.9. The Hall–Kier alpha value is -1.14. The molecule has 0 fully saturated rings. The van der Waals surface area contributed by atoms with Crippen molar-refractivity contribution in [2.75, 3.05) is 6.61 Å². The van der Waals surface area contributed by atoms with Crippen LogP contribution in [0.25, 0.3) is 0 Å². The molecule has 316 valence electrons. The Labute approximate surface area is 330 Å². The van der Waals surface area contributed by atoms with Gasteiger partial charge in [-0.25, -0.2) is 0 Å². The Morgan fingerprint density at radius 1 is 0.472 bits per heavy atom. The van der Waals surface area contributed by atoms with E-state index >= 15 is 0 Å². The van der Waals surface area contributed by atoms with E-state index in [0.29, 0.717) is 19.3 Å². The van der Waals surface area contributed by atoms with Crippen LogP contribution in [0.2, 0.25) is 0 Å². The number of rotatable bonds is 43. The molecule has 0 aliphatic heterocycles. The quantitative estimate of drug-likeness (QED) is 0.0426. The third-order valence-corrected chi connectivity index (χ3v) is 11.2. The van der Waals surface area contributed by atoms with E-state index in [9.17, 15) is 19.8 Å². The first-order chi connectivity index (χ1) is 26.0. The molecule has 0 aliphatic carbocycles. The second kappa shape index (κ2) is 42.0. The van der Waals surface area contributed by atoms with Crippen molar-refractivity contribution in [3.63, 3.8) is 0 Å². The van der Waals surface area contributed by atoms with Crippen LogP contribution in [0.15, 0.2) is 0 Å². The fourth-order valence-corrected chi connectivity index (χ4v) is 7.55. The highest BCUT2D eigenvalue weighted by atomic mass is 16.5. The number of ether oxygens (including phenoxy) is 1. The van der Waals surface area contributed by atoms with Gasteiger partial charge in [-0.05, 0) is 25.7 Å². The Kier molecular flexibility index (Phi) is 41.1. The predicted octanol–water partition coefficient (Wildman–Crippen LogP) is 13.6. The molecule has 0 bridgehead atoms. The number of carbonyl (C=O) groups excluding carboxylic acids is 2. The van der Waals surface area contributed by atoms with Crippen molar-refractivity contribution in [2.24, 2.45) is 0 Å². The summed E-state index contributed by atoms with van der Waals surface area (Å²) in [4.78, 5) is 26.0. The van der Waals surface area contributed by atoms with E-state index in [4.69, 9.17) is 4.74 Å². The summed E-state index contributed by atoms with van der Waals surface area (Å²) in [5.74, 6) is -0.457. The molecule has 1 amide bonds. The average molecular weight is 752 g/mol. The van der Waals surface area contributed by atoms with Gasteiger partial charge >= 0.3 is 5.97 Å². The number of unbranched alkanes of at least 4 members (excludes halogenated alkanes) is 31. The molecule has 0 aromatic carbocycles. The fourth-order valence-electron chi connectivity index (χ4n) is 7.55. The van der Waals surface area contributed by atoms with Crippen molar-refractivity contribution in [3.8, 4) is 0 Å². The van der Waals surface area contributed by atoms with Gasteiger partial charge in [0.2, 0.25) is 5.91 Å². The summed E-state index contributed by atoms with van der Waals surface area (Å²) in [6.07, 6.45) is 43.0. The van der Waals surface area contributed by atoms with E-state index in [1.54, 1.807) is 0 Å². The molecule has 0 aliphatic rings. The van der Waals surface area contributed by atoms with Crippen molar-refractivity contribution < 1.29 is 24.5 Å². The minimum atomic E-state index is -0.776. The molecule has 0 saturated carbocycles. The minimum Gasteiger partial charge on any atom is -0.462 e. The molecule has 6 heteroatoms. The summed E-state index contributed by atoms with van der Waals surface area (Å²) in [5.41, 5.74) is 0. The van der Waals surface area contributed by atoms with Crippen LogP contribution < -0.4 is 5.32 Å². The first-order valence-electron chi connectivity index (χ1n) is 23.8. The zero-order valence-corrected chi connectivity index (χ0v) is 35.9. The van der Waals surface area contributed by atoms with E-state index in [0.717, 1.165) is 38.5 Å². The van der Waals surface area contributed by atoms with Crippen LogP contribution in [0.4, 0.5) is 0 Å². The largest absolute Gasteiger partial charge is 0.462 e. The van der Waals surface area contributed by atoms with E-state index in [-0.39, 0.29) is 24.9 Å². The monoisotopic (exact) mass is 752 g/mol. The number of aliphatic hydroxyl groups excluding tert-OH is 2. The third kappa shape index (κ3) is 37.6. The highest BCUT2D eigenvalue weighted by molar-refractivity contribution is 5.77. The van der Waals surface area contributed by atoms with Crippen LogP contribution in [0, 0.1) is 0 Å². The molecule has 53 heavy (non-hydrogen) atoms. The molecular formula is C47H93NO5. The van der Waals surface area contributed by atoms with Crippen molar-refractivity contribution in [1.82, 2.24) is 5.32 Å². The average Bonchev–Trinajstić information content (AvgIpc) is 3.15. The molecule has 0 heterocycles. The maximum atomic E-state index is 13.1. The van der Waals surface area contributed by atoms with Gasteiger partial charge in [-0.2, -0.15) is 0 Å². The summed E-state index contributed by atoms with van der Waals surface area (Å²) in [5, 5.41) is 23.6. The van der Waals surface area contributed by atoms with Gasteiger partial charge in [-0.15, -0.1) is 0 Å². The maximum absolute atomic E-state index is 13.1. The van der Waals surface area contributed by atoms with Gasteiger partial charge in [0.1, 0.15) is 6.10 Å². The lowest BCUT2D eigenvalue weighted by Gasteiger charge is -2.24. The molecular weight excluding hydrogens is 659 g/mol. The van der Waals surface area contributed by atoms with Gasteiger partial charge in [0.25, 0.3) is 0 Å². The van der Waals surface area contributed by atoms with Gasteiger partial charge in [0.05, 0.1) is 25.2 Å².